The van der Waals surface area contributed by atoms with E-state index in [9.17, 15) is 9.18 Å². The number of benzene rings is 1. The summed E-state index contributed by atoms with van der Waals surface area (Å²) >= 11 is 3.22. The van der Waals surface area contributed by atoms with Crippen molar-refractivity contribution in [3.8, 4) is 0 Å². The van der Waals surface area contributed by atoms with E-state index < -0.39 is 0 Å². The molecule has 0 aliphatic carbocycles. The standard InChI is InChI=1S/C12H12BrFO2/c13-11-7-9(14)1-2-10(11)12(15)8-3-5-16-6-4-8/h1-2,7-8H,3-6H2. The number of carbonyl (C=O) groups is 1. The Kier molecular flexibility index (Phi) is 3.71. The van der Waals surface area contributed by atoms with Crippen molar-refractivity contribution in [1.82, 2.24) is 0 Å². The average molecular weight is 287 g/mol. The van der Waals surface area contributed by atoms with Gasteiger partial charge in [-0.15, -0.1) is 0 Å². The van der Waals surface area contributed by atoms with Crippen molar-refractivity contribution < 1.29 is 13.9 Å². The number of hydrogen-bond acceptors (Lipinski definition) is 2. The zero-order chi connectivity index (χ0) is 11.5. The van der Waals surface area contributed by atoms with Gasteiger partial charge in [0.2, 0.25) is 0 Å². The molecule has 1 heterocycles. The Morgan fingerprint density at radius 2 is 2.06 bits per heavy atom. The van der Waals surface area contributed by atoms with Gasteiger partial charge < -0.3 is 4.74 Å². The summed E-state index contributed by atoms with van der Waals surface area (Å²) in [5.74, 6) is -0.249. The lowest BCUT2D eigenvalue weighted by atomic mass is 9.91. The van der Waals surface area contributed by atoms with Gasteiger partial charge in [0.1, 0.15) is 5.82 Å². The van der Waals surface area contributed by atoms with Crippen molar-refractivity contribution in [3.63, 3.8) is 0 Å². The maximum absolute atomic E-state index is 12.9. The van der Waals surface area contributed by atoms with E-state index in [1.54, 1.807) is 0 Å². The Morgan fingerprint density at radius 3 is 2.69 bits per heavy atom. The molecule has 0 atom stereocenters. The summed E-state index contributed by atoms with van der Waals surface area (Å²) in [6, 6.07) is 4.18. The summed E-state index contributed by atoms with van der Waals surface area (Å²) in [5.41, 5.74) is 0.563. The molecule has 1 saturated heterocycles. The van der Waals surface area contributed by atoms with Gasteiger partial charge in [0, 0.05) is 29.2 Å². The minimum atomic E-state index is -0.338. The van der Waals surface area contributed by atoms with Crippen LogP contribution in [0.4, 0.5) is 4.39 Å². The van der Waals surface area contributed by atoms with Crippen LogP contribution in [0.25, 0.3) is 0 Å². The Hall–Kier alpha value is -0.740. The molecule has 0 N–H and O–H groups in total. The lowest BCUT2D eigenvalue weighted by Crippen LogP contribution is -2.23. The summed E-state index contributed by atoms with van der Waals surface area (Å²) < 4.78 is 18.6. The fourth-order valence-corrected chi connectivity index (χ4v) is 2.42. The minimum absolute atomic E-state index is 0.00973. The molecule has 1 fully saturated rings. The Bertz CT molecular complexity index is 400. The number of halogens is 2. The van der Waals surface area contributed by atoms with Gasteiger partial charge in [0.05, 0.1) is 0 Å². The number of ether oxygens (including phenoxy) is 1. The third-order valence-corrected chi connectivity index (χ3v) is 3.44. The van der Waals surface area contributed by atoms with Crippen molar-refractivity contribution in [2.45, 2.75) is 12.8 Å². The Morgan fingerprint density at radius 1 is 1.38 bits per heavy atom. The molecule has 0 bridgehead atoms. The molecule has 0 spiro atoms. The largest absolute Gasteiger partial charge is 0.381 e. The van der Waals surface area contributed by atoms with E-state index in [1.807, 2.05) is 0 Å². The van der Waals surface area contributed by atoms with Crippen LogP contribution in [-0.2, 0) is 4.74 Å². The highest BCUT2D eigenvalue weighted by Gasteiger charge is 2.24. The molecule has 1 aromatic carbocycles. The van der Waals surface area contributed by atoms with E-state index in [4.69, 9.17) is 4.74 Å². The number of rotatable bonds is 2. The monoisotopic (exact) mass is 286 g/mol. The number of Topliss-reactive ketones (excluding diaryl/α,β-unsaturated/α-hetero) is 1. The molecular weight excluding hydrogens is 275 g/mol. The second-order valence-electron chi connectivity index (χ2n) is 3.88. The molecule has 1 aliphatic heterocycles. The summed E-state index contributed by atoms with van der Waals surface area (Å²) in [6.45, 7) is 1.27. The van der Waals surface area contributed by atoms with Gasteiger partial charge in [-0.05, 0) is 47.0 Å². The van der Waals surface area contributed by atoms with Gasteiger partial charge in [0.25, 0.3) is 0 Å². The van der Waals surface area contributed by atoms with E-state index in [0.717, 1.165) is 12.8 Å². The van der Waals surface area contributed by atoms with Crippen LogP contribution in [0.5, 0.6) is 0 Å². The van der Waals surface area contributed by atoms with Crippen LogP contribution in [-0.4, -0.2) is 19.0 Å². The number of carbonyl (C=O) groups excluding carboxylic acids is 1. The fourth-order valence-electron chi connectivity index (χ4n) is 1.87. The maximum atomic E-state index is 12.9. The van der Waals surface area contributed by atoms with Crippen molar-refractivity contribution >= 4 is 21.7 Å². The molecular formula is C12H12BrFO2. The van der Waals surface area contributed by atoms with Gasteiger partial charge in [-0.3, -0.25) is 4.79 Å². The van der Waals surface area contributed by atoms with Gasteiger partial charge in [-0.2, -0.15) is 0 Å². The first-order valence-electron chi connectivity index (χ1n) is 5.25. The number of hydrogen-bond donors (Lipinski definition) is 0. The Balaban J connectivity index is 2.19. The third kappa shape index (κ3) is 2.50. The zero-order valence-electron chi connectivity index (χ0n) is 8.71. The fraction of sp³-hybridized carbons (Fsp3) is 0.417. The quantitative estimate of drug-likeness (QED) is 0.781. The van der Waals surface area contributed by atoms with Crippen LogP contribution in [0.1, 0.15) is 23.2 Å². The molecule has 16 heavy (non-hydrogen) atoms. The van der Waals surface area contributed by atoms with E-state index >= 15 is 0 Å². The maximum Gasteiger partial charge on any atom is 0.167 e. The highest BCUT2D eigenvalue weighted by Crippen LogP contribution is 2.25. The smallest absolute Gasteiger partial charge is 0.167 e. The van der Waals surface area contributed by atoms with E-state index in [1.165, 1.54) is 18.2 Å². The molecule has 0 unspecified atom stereocenters. The van der Waals surface area contributed by atoms with Crippen molar-refractivity contribution in [2.75, 3.05) is 13.2 Å². The Labute approximate surface area is 102 Å². The molecule has 0 saturated carbocycles. The van der Waals surface area contributed by atoms with Gasteiger partial charge in [0.15, 0.2) is 5.78 Å². The van der Waals surface area contributed by atoms with Crippen LogP contribution in [0.2, 0.25) is 0 Å². The first-order valence-corrected chi connectivity index (χ1v) is 6.05. The van der Waals surface area contributed by atoms with Gasteiger partial charge >= 0.3 is 0 Å². The molecule has 0 radical (unpaired) electrons. The molecule has 4 heteroatoms. The summed E-state index contributed by atoms with van der Waals surface area (Å²) in [7, 11) is 0. The molecule has 2 rings (SSSR count). The lowest BCUT2D eigenvalue weighted by molar-refractivity contribution is 0.0544. The van der Waals surface area contributed by atoms with Crippen LogP contribution >= 0.6 is 15.9 Å². The minimum Gasteiger partial charge on any atom is -0.381 e. The van der Waals surface area contributed by atoms with Crippen molar-refractivity contribution in [2.24, 2.45) is 5.92 Å². The molecule has 2 nitrogen and oxygen atoms in total. The van der Waals surface area contributed by atoms with Crippen LogP contribution in [0, 0.1) is 11.7 Å². The van der Waals surface area contributed by atoms with Crippen molar-refractivity contribution in [3.05, 3.63) is 34.1 Å². The molecule has 1 aromatic rings. The third-order valence-electron chi connectivity index (χ3n) is 2.79. The molecule has 1 aliphatic rings. The average Bonchev–Trinajstić information content (AvgIpc) is 2.29. The lowest BCUT2D eigenvalue weighted by Gasteiger charge is -2.21. The zero-order valence-corrected chi connectivity index (χ0v) is 10.3. The first-order chi connectivity index (χ1) is 7.68. The normalized spacial score (nSPS) is 17.4. The second kappa shape index (κ2) is 5.06. The summed E-state index contributed by atoms with van der Waals surface area (Å²) in [4.78, 5) is 12.1. The molecule has 0 aromatic heterocycles. The number of ketones is 1. The highest BCUT2D eigenvalue weighted by atomic mass is 79.9. The second-order valence-corrected chi connectivity index (χ2v) is 4.73. The predicted octanol–water partition coefficient (Wildman–Crippen LogP) is 3.20. The van der Waals surface area contributed by atoms with Crippen molar-refractivity contribution in [1.29, 1.82) is 0 Å². The summed E-state index contributed by atoms with van der Waals surface area (Å²) in [6.07, 6.45) is 1.51. The van der Waals surface area contributed by atoms with Crippen LogP contribution in [0.15, 0.2) is 22.7 Å². The topological polar surface area (TPSA) is 26.3 Å². The van der Waals surface area contributed by atoms with E-state index in [-0.39, 0.29) is 17.5 Å². The molecule has 0 amide bonds. The first kappa shape index (κ1) is 11.7. The van der Waals surface area contributed by atoms with E-state index in [0.29, 0.717) is 23.2 Å². The highest BCUT2D eigenvalue weighted by molar-refractivity contribution is 9.10. The SMILES string of the molecule is O=C(c1ccc(F)cc1Br)C1CCOCC1. The van der Waals surface area contributed by atoms with Crippen LogP contribution in [0.3, 0.4) is 0 Å². The van der Waals surface area contributed by atoms with E-state index in [2.05, 4.69) is 15.9 Å². The summed E-state index contributed by atoms with van der Waals surface area (Å²) in [5, 5.41) is 0. The predicted molar refractivity (Wildman–Crippen MR) is 62.0 cm³/mol. The molecule has 86 valence electrons. The van der Waals surface area contributed by atoms with Crippen LogP contribution < -0.4 is 0 Å². The van der Waals surface area contributed by atoms with Gasteiger partial charge in [-0.1, -0.05) is 0 Å². The van der Waals surface area contributed by atoms with Gasteiger partial charge in [-0.25, -0.2) is 4.39 Å².